The minimum absolute atomic E-state index is 0.178. The average molecular weight is 295 g/mol. The maximum atomic E-state index is 13.3. The first-order valence-electron chi connectivity index (χ1n) is 7.75. The summed E-state index contributed by atoms with van der Waals surface area (Å²) in [5, 5.41) is 3.41. The summed E-state index contributed by atoms with van der Waals surface area (Å²) in [6.07, 6.45) is 2.63. The third-order valence-electron chi connectivity index (χ3n) is 4.48. The summed E-state index contributed by atoms with van der Waals surface area (Å²) in [5.74, 6) is -0.178. The van der Waals surface area contributed by atoms with Crippen molar-refractivity contribution in [2.75, 3.05) is 26.9 Å². The Kier molecular flexibility index (Phi) is 5.73. The maximum Gasteiger partial charge on any atom is 0.123 e. The van der Waals surface area contributed by atoms with Crippen molar-refractivity contribution >= 4 is 0 Å². The van der Waals surface area contributed by atoms with Crippen LogP contribution in [0.4, 0.5) is 4.39 Å². The van der Waals surface area contributed by atoms with E-state index in [0.29, 0.717) is 6.61 Å². The van der Waals surface area contributed by atoms with Gasteiger partial charge in [-0.25, -0.2) is 4.39 Å². The number of hydrogen-bond acceptors (Lipinski definition) is 3. The SMILES string of the molecule is CCOC1(C(Cc2ccc(F)cc2C)NC)CCOCC1. The van der Waals surface area contributed by atoms with Crippen molar-refractivity contribution < 1.29 is 13.9 Å². The number of likely N-dealkylation sites (N-methyl/N-ethyl adjacent to an activating group) is 1. The van der Waals surface area contributed by atoms with E-state index < -0.39 is 0 Å². The molecule has 1 atom stereocenters. The van der Waals surface area contributed by atoms with Crippen molar-refractivity contribution in [3.63, 3.8) is 0 Å². The van der Waals surface area contributed by atoms with Crippen molar-refractivity contribution in [3.8, 4) is 0 Å². The molecule has 1 aromatic rings. The number of halogens is 1. The highest BCUT2D eigenvalue weighted by molar-refractivity contribution is 5.28. The summed E-state index contributed by atoms with van der Waals surface area (Å²) in [6.45, 7) is 6.16. The van der Waals surface area contributed by atoms with Crippen LogP contribution in [-0.4, -0.2) is 38.5 Å². The molecule has 1 heterocycles. The van der Waals surface area contributed by atoms with Crippen molar-refractivity contribution in [2.24, 2.45) is 0 Å². The van der Waals surface area contributed by atoms with Gasteiger partial charge in [-0.15, -0.1) is 0 Å². The van der Waals surface area contributed by atoms with Crippen LogP contribution >= 0.6 is 0 Å². The third-order valence-corrected chi connectivity index (χ3v) is 4.48. The van der Waals surface area contributed by atoms with Crippen LogP contribution in [0, 0.1) is 12.7 Å². The van der Waals surface area contributed by atoms with E-state index in [-0.39, 0.29) is 17.5 Å². The first-order valence-corrected chi connectivity index (χ1v) is 7.75. The fourth-order valence-electron chi connectivity index (χ4n) is 3.26. The van der Waals surface area contributed by atoms with Gasteiger partial charge in [0.2, 0.25) is 0 Å². The van der Waals surface area contributed by atoms with Gasteiger partial charge in [-0.2, -0.15) is 0 Å². The largest absolute Gasteiger partial charge is 0.381 e. The molecular weight excluding hydrogens is 269 g/mol. The monoisotopic (exact) mass is 295 g/mol. The van der Waals surface area contributed by atoms with Gasteiger partial charge in [-0.05, 0) is 50.6 Å². The van der Waals surface area contributed by atoms with Crippen molar-refractivity contribution in [1.29, 1.82) is 0 Å². The van der Waals surface area contributed by atoms with Gasteiger partial charge < -0.3 is 14.8 Å². The van der Waals surface area contributed by atoms with E-state index in [1.165, 1.54) is 11.6 Å². The van der Waals surface area contributed by atoms with Crippen LogP contribution in [0.5, 0.6) is 0 Å². The Balaban J connectivity index is 2.20. The Bertz CT molecular complexity index is 453. The number of nitrogens with one attached hydrogen (secondary N) is 1. The Hall–Kier alpha value is -0.970. The summed E-state index contributed by atoms with van der Waals surface area (Å²) in [7, 11) is 1.97. The normalized spacial score (nSPS) is 19.4. The lowest BCUT2D eigenvalue weighted by Crippen LogP contribution is -2.55. The van der Waals surface area contributed by atoms with Crippen LogP contribution in [0.25, 0.3) is 0 Å². The molecule has 0 aliphatic carbocycles. The zero-order chi connectivity index (χ0) is 15.3. The zero-order valence-electron chi connectivity index (χ0n) is 13.2. The van der Waals surface area contributed by atoms with Gasteiger partial charge >= 0.3 is 0 Å². The third kappa shape index (κ3) is 3.82. The van der Waals surface area contributed by atoms with E-state index in [0.717, 1.165) is 38.0 Å². The number of rotatable bonds is 6. The van der Waals surface area contributed by atoms with Crippen LogP contribution in [-0.2, 0) is 15.9 Å². The highest BCUT2D eigenvalue weighted by Crippen LogP contribution is 2.31. The van der Waals surface area contributed by atoms with Gasteiger partial charge in [0.15, 0.2) is 0 Å². The predicted octanol–water partition coefficient (Wildman–Crippen LogP) is 2.85. The molecule has 0 amide bonds. The first kappa shape index (κ1) is 16.4. The van der Waals surface area contributed by atoms with E-state index >= 15 is 0 Å². The molecule has 1 N–H and O–H groups in total. The molecule has 1 aromatic carbocycles. The second-order valence-corrected chi connectivity index (χ2v) is 5.73. The van der Waals surface area contributed by atoms with Gasteiger partial charge in [-0.3, -0.25) is 0 Å². The molecule has 0 bridgehead atoms. The molecule has 2 rings (SSSR count). The summed E-state index contributed by atoms with van der Waals surface area (Å²) >= 11 is 0. The summed E-state index contributed by atoms with van der Waals surface area (Å²) < 4.78 is 24.9. The number of hydrogen-bond donors (Lipinski definition) is 1. The molecular formula is C17H26FNO2. The lowest BCUT2D eigenvalue weighted by molar-refractivity contribution is -0.125. The van der Waals surface area contributed by atoms with E-state index in [4.69, 9.17) is 9.47 Å². The number of ether oxygens (including phenoxy) is 2. The van der Waals surface area contributed by atoms with Gasteiger partial charge in [0.1, 0.15) is 5.82 Å². The summed E-state index contributed by atoms with van der Waals surface area (Å²) in [6, 6.07) is 5.21. The molecule has 1 fully saturated rings. The van der Waals surface area contributed by atoms with Gasteiger partial charge in [0.25, 0.3) is 0 Å². The Morgan fingerprint density at radius 3 is 2.67 bits per heavy atom. The standard InChI is InChI=1S/C17H26FNO2/c1-4-21-17(7-9-20-10-8-17)16(19-3)12-14-5-6-15(18)11-13(14)2/h5-6,11,16,19H,4,7-10,12H2,1-3H3. The van der Waals surface area contributed by atoms with Crippen molar-refractivity contribution in [1.82, 2.24) is 5.32 Å². The van der Waals surface area contributed by atoms with Crippen LogP contribution in [0.15, 0.2) is 18.2 Å². The van der Waals surface area contributed by atoms with Crippen LogP contribution in [0.3, 0.4) is 0 Å². The van der Waals surface area contributed by atoms with Crippen LogP contribution < -0.4 is 5.32 Å². The maximum absolute atomic E-state index is 13.3. The Labute approximate surface area is 126 Å². The fourth-order valence-corrected chi connectivity index (χ4v) is 3.26. The number of benzene rings is 1. The lowest BCUT2D eigenvalue weighted by Gasteiger charge is -2.43. The minimum Gasteiger partial charge on any atom is -0.381 e. The quantitative estimate of drug-likeness (QED) is 0.875. The van der Waals surface area contributed by atoms with Gasteiger partial charge in [0, 0.05) is 38.7 Å². The van der Waals surface area contributed by atoms with E-state index in [1.54, 1.807) is 6.07 Å². The highest BCUT2D eigenvalue weighted by atomic mass is 19.1. The van der Waals surface area contributed by atoms with Crippen molar-refractivity contribution in [3.05, 3.63) is 35.1 Å². The topological polar surface area (TPSA) is 30.5 Å². The molecule has 4 heteroatoms. The molecule has 1 aliphatic heterocycles. The smallest absolute Gasteiger partial charge is 0.123 e. The van der Waals surface area contributed by atoms with Gasteiger partial charge in [0.05, 0.1) is 5.60 Å². The minimum atomic E-state index is -0.192. The second kappa shape index (κ2) is 7.34. The predicted molar refractivity (Wildman–Crippen MR) is 82.1 cm³/mol. The molecule has 0 radical (unpaired) electrons. The summed E-state index contributed by atoms with van der Waals surface area (Å²) in [5.41, 5.74) is 1.97. The van der Waals surface area contributed by atoms with E-state index in [9.17, 15) is 4.39 Å². The average Bonchev–Trinajstić information content (AvgIpc) is 2.47. The fraction of sp³-hybridized carbons (Fsp3) is 0.647. The van der Waals surface area contributed by atoms with E-state index in [1.807, 2.05) is 27.0 Å². The van der Waals surface area contributed by atoms with Crippen molar-refractivity contribution in [2.45, 2.75) is 44.8 Å². The Morgan fingerprint density at radius 2 is 2.10 bits per heavy atom. The molecule has 0 saturated carbocycles. The molecule has 1 aliphatic rings. The molecule has 1 saturated heterocycles. The molecule has 1 unspecified atom stereocenters. The molecule has 0 aromatic heterocycles. The van der Waals surface area contributed by atoms with E-state index in [2.05, 4.69) is 5.32 Å². The highest BCUT2D eigenvalue weighted by Gasteiger charge is 2.40. The molecule has 118 valence electrons. The molecule has 21 heavy (non-hydrogen) atoms. The lowest BCUT2D eigenvalue weighted by atomic mass is 9.82. The molecule has 0 spiro atoms. The van der Waals surface area contributed by atoms with Crippen LogP contribution in [0.2, 0.25) is 0 Å². The second-order valence-electron chi connectivity index (χ2n) is 5.73. The van der Waals surface area contributed by atoms with Crippen LogP contribution in [0.1, 0.15) is 30.9 Å². The first-order chi connectivity index (χ1) is 10.1. The Morgan fingerprint density at radius 1 is 1.38 bits per heavy atom. The molecule has 3 nitrogen and oxygen atoms in total. The summed E-state index contributed by atoms with van der Waals surface area (Å²) in [4.78, 5) is 0. The number of aryl methyl sites for hydroxylation is 1. The zero-order valence-corrected chi connectivity index (χ0v) is 13.2. The van der Waals surface area contributed by atoms with Gasteiger partial charge in [-0.1, -0.05) is 6.07 Å².